The average Bonchev–Trinajstić information content (AvgIpc) is 2.32. The Morgan fingerprint density at radius 2 is 2.27 bits per heavy atom. The van der Waals surface area contributed by atoms with Gasteiger partial charge in [0.05, 0.1) is 6.04 Å². The van der Waals surface area contributed by atoms with Gasteiger partial charge < -0.3 is 5.73 Å². The van der Waals surface area contributed by atoms with E-state index in [2.05, 4.69) is 19.8 Å². The highest BCUT2D eigenvalue weighted by molar-refractivity contribution is 7.10. The third-order valence-electron chi connectivity index (χ3n) is 1.84. The Hall–Kier alpha value is -0.780. The predicted octanol–water partition coefficient (Wildman–Crippen LogP) is 2.00. The first kappa shape index (κ1) is 8.32. The van der Waals surface area contributed by atoms with E-state index in [1.807, 2.05) is 5.38 Å². The molecule has 2 N–H and O–H groups in total. The van der Waals surface area contributed by atoms with Gasteiger partial charge in [-0.25, -0.2) is 0 Å². The van der Waals surface area contributed by atoms with E-state index in [0.29, 0.717) is 0 Å². The largest absolute Gasteiger partial charge is 0.314 e. The van der Waals surface area contributed by atoms with Crippen molar-refractivity contribution in [2.24, 2.45) is 5.73 Å². The van der Waals surface area contributed by atoms with Crippen molar-refractivity contribution in [1.82, 2.24) is 0 Å². The molecule has 2 heteroatoms. The first-order valence-corrected chi connectivity index (χ1v) is 4.31. The van der Waals surface area contributed by atoms with Gasteiger partial charge in [0.15, 0.2) is 0 Å². The minimum Gasteiger partial charge on any atom is -0.314 e. The fourth-order valence-electron chi connectivity index (χ4n) is 0.928. The second-order valence-corrected chi connectivity index (χ2v) is 3.60. The van der Waals surface area contributed by atoms with Crippen LogP contribution in [-0.4, -0.2) is 0 Å². The number of nitrogens with two attached hydrogens (primary N) is 1. The number of hydrogen-bond donors (Lipinski definition) is 1. The highest BCUT2D eigenvalue weighted by Crippen LogP contribution is 2.24. The topological polar surface area (TPSA) is 26.0 Å². The maximum atomic E-state index is 5.68. The number of aryl methyl sites for hydroxylation is 1. The molecule has 0 aliphatic heterocycles. The van der Waals surface area contributed by atoms with Gasteiger partial charge in [-0.1, -0.05) is 5.92 Å². The first-order chi connectivity index (χ1) is 5.16. The van der Waals surface area contributed by atoms with Gasteiger partial charge in [-0.05, 0) is 30.4 Å². The molecule has 1 unspecified atom stereocenters. The van der Waals surface area contributed by atoms with Crippen LogP contribution in [0.3, 0.4) is 0 Å². The van der Waals surface area contributed by atoms with Crippen LogP contribution in [0.25, 0.3) is 0 Å². The molecule has 0 aliphatic carbocycles. The van der Waals surface area contributed by atoms with Crippen LogP contribution in [0, 0.1) is 26.2 Å². The van der Waals surface area contributed by atoms with E-state index < -0.39 is 0 Å². The lowest BCUT2D eigenvalue weighted by molar-refractivity contribution is 0.939. The van der Waals surface area contributed by atoms with E-state index in [4.69, 9.17) is 12.2 Å². The molecule has 1 aromatic heterocycles. The average molecular weight is 165 g/mol. The Morgan fingerprint density at radius 1 is 1.64 bits per heavy atom. The zero-order valence-electron chi connectivity index (χ0n) is 6.72. The van der Waals surface area contributed by atoms with Crippen molar-refractivity contribution >= 4 is 11.3 Å². The monoisotopic (exact) mass is 165 g/mol. The first-order valence-electron chi connectivity index (χ1n) is 3.43. The molecule has 1 aromatic rings. The van der Waals surface area contributed by atoms with Crippen molar-refractivity contribution in [3.05, 3.63) is 21.4 Å². The lowest BCUT2D eigenvalue weighted by Crippen LogP contribution is -2.07. The van der Waals surface area contributed by atoms with E-state index in [1.165, 1.54) is 10.4 Å². The summed E-state index contributed by atoms with van der Waals surface area (Å²) in [5, 5.41) is 2.04. The molecule has 0 spiro atoms. The number of thiophene rings is 1. The lowest BCUT2D eigenvalue weighted by Gasteiger charge is -2.02. The van der Waals surface area contributed by atoms with Gasteiger partial charge in [0.25, 0.3) is 0 Å². The smallest absolute Gasteiger partial charge is 0.0928 e. The SMILES string of the molecule is C#CC(N)c1csc(C)c1C. The fourth-order valence-corrected chi connectivity index (χ4v) is 1.85. The van der Waals surface area contributed by atoms with Gasteiger partial charge in [-0.15, -0.1) is 17.8 Å². The molecule has 0 saturated heterocycles. The molecule has 1 nitrogen and oxygen atoms in total. The Kier molecular flexibility index (Phi) is 2.33. The van der Waals surface area contributed by atoms with Crippen LogP contribution in [0.1, 0.15) is 22.0 Å². The van der Waals surface area contributed by atoms with Gasteiger partial charge in [0.2, 0.25) is 0 Å². The minimum absolute atomic E-state index is 0.236. The molecule has 1 atom stereocenters. The van der Waals surface area contributed by atoms with E-state index >= 15 is 0 Å². The Morgan fingerprint density at radius 3 is 2.64 bits per heavy atom. The van der Waals surface area contributed by atoms with E-state index in [0.717, 1.165) is 5.56 Å². The normalized spacial score (nSPS) is 12.5. The molecule has 0 amide bonds. The molecule has 0 bridgehead atoms. The molecule has 11 heavy (non-hydrogen) atoms. The van der Waals surface area contributed by atoms with E-state index in [9.17, 15) is 0 Å². The van der Waals surface area contributed by atoms with Gasteiger partial charge in [-0.2, -0.15) is 0 Å². The molecule has 0 saturated carbocycles. The Balaban J connectivity index is 3.07. The number of rotatable bonds is 1. The van der Waals surface area contributed by atoms with Crippen molar-refractivity contribution in [1.29, 1.82) is 0 Å². The molecule has 1 heterocycles. The zero-order chi connectivity index (χ0) is 8.43. The number of terminal acetylenes is 1. The van der Waals surface area contributed by atoms with Crippen molar-refractivity contribution in [3.63, 3.8) is 0 Å². The highest BCUT2D eigenvalue weighted by Gasteiger charge is 2.08. The van der Waals surface area contributed by atoms with Gasteiger partial charge in [0.1, 0.15) is 0 Å². The third kappa shape index (κ3) is 1.45. The summed E-state index contributed by atoms with van der Waals surface area (Å²) >= 11 is 1.70. The molecule has 0 aliphatic rings. The van der Waals surface area contributed by atoms with Crippen LogP contribution in [-0.2, 0) is 0 Å². The standard InChI is InChI=1S/C9H11NS/c1-4-9(10)8-5-11-7(3)6(8)2/h1,5,9H,10H2,2-3H3. The van der Waals surface area contributed by atoms with Crippen molar-refractivity contribution in [2.75, 3.05) is 0 Å². The lowest BCUT2D eigenvalue weighted by atomic mass is 10.1. The van der Waals surface area contributed by atoms with Crippen LogP contribution in [0.5, 0.6) is 0 Å². The Labute approximate surface area is 71.2 Å². The van der Waals surface area contributed by atoms with E-state index in [1.54, 1.807) is 11.3 Å². The summed E-state index contributed by atoms with van der Waals surface area (Å²) in [6.07, 6.45) is 5.21. The van der Waals surface area contributed by atoms with Gasteiger partial charge in [-0.3, -0.25) is 0 Å². The van der Waals surface area contributed by atoms with Crippen molar-refractivity contribution in [2.45, 2.75) is 19.9 Å². The summed E-state index contributed by atoms with van der Waals surface area (Å²) in [5.74, 6) is 2.52. The van der Waals surface area contributed by atoms with E-state index in [-0.39, 0.29) is 6.04 Å². The van der Waals surface area contributed by atoms with Crippen LogP contribution in [0.2, 0.25) is 0 Å². The summed E-state index contributed by atoms with van der Waals surface area (Å²) < 4.78 is 0. The second-order valence-electron chi connectivity index (χ2n) is 2.52. The molecule has 0 radical (unpaired) electrons. The maximum absolute atomic E-state index is 5.68. The molecular weight excluding hydrogens is 154 g/mol. The third-order valence-corrected chi connectivity index (χ3v) is 2.87. The summed E-state index contributed by atoms with van der Waals surface area (Å²) in [6.45, 7) is 4.13. The molecular formula is C9H11NS. The minimum atomic E-state index is -0.236. The highest BCUT2D eigenvalue weighted by atomic mass is 32.1. The van der Waals surface area contributed by atoms with Crippen molar-refractivity contribution in [3.8, 4) is 12.3 Å². The summed E-state index contributed by atoms with van der Waals surface area (Å²) in [6, 6.07) is -0.236. The van der Waals surface area contributed by atoms with Crippen LogP contribution in [0.15, 0.2) is 5.38 Å². The van der Waals surface area contributed by atoms with Crippen LogP contribution in [0.4, 0.5) is 0 Å². The summed E-state index contributed by atoms with van der Waals surface area (Å²) in [5.41, 5.74) is 8.01. The van der Waals surface area contributed by atoms with Crippen LogP contribution < -0.4 is 5.73 Å². The summed E-state index contributed by atoms with van der Waals surface area (Å²) in [4.78, 5) is 1.30. The Bertz CT molecular complexity index is 293. The van der Waals surface area contributed by atoms with Gasteiger partial charge in [0, 0.05) is 4.88 Å². The second kappa shape index (κ2) is 3.08. The predicted molar refractivity (Wildman–Crippen MR) is 49.6 cm³/mol. The number of hydrogen-bond acceptors (Lipinski definition) is 2. The molecule has 1 rings (SSSR count). The molecule has 0 fully saturated rings. The molecule has 0 aromatic carbocycles. The molecule has 58 valence electrons. The quantitative estimate of drug-likeness (QED) is 0.633. The van der Waals surface area contributed by atoms with Crippen molar-refractivity contribution < 1.29 is 0 Å². The maximum Gasteiger partial charge on any atom is 0.0928 e. The van der Waals surface area contributed by atoms with Crippen LogP contribution >= 0.6 is 11.3 Å². The zero-order valence-corrected chi connectivity index (χ0v) is 7.53. The summed E-state index contributed by atoms with van der Waals surface area (Å²) in [7, 11) is 0. The fraction of sp³-hybridized carbons (Fsp3) is 0.333. The van der Waals surface area contributed by atoms with Gasteiger partial charge >= 0.3 is 0 Å².